The van der Waals surface area contributed by atoms with E-state index in [1.165, 1.54) is 12.1 Å². The number of carbonyl (C=O) groups is 1. The smallest absolute Gasteiger partial charge is 0.270 e. The highest BCUT2D eigenvalue weighted by Gasteiger charge is 2.22. The van der Waals surface area contributed by atoms with Crippen LogP contribution in [0.1, 0.15) is 12.5 Å². The first-order valence-electron chi connectivity index (χ1n) is 8.91. The van der Waals surface area contributed by atoms with Crippen LogP contribution in [0.4, 0.5) is 5.69 Å². The van der Waals surface area contributed by atoms with Crippen molar-refractivity contribution in [1.82, 2.24) is 9.97 Å². The number of amides is 1. The zero-order chi connectivity index (χ0) is 21.7. The number of carbonyl (C=O) groups excluding carboxylic acids is 1. The maximum Gasteiger partial charge on any atom is 0.270 e. The molecule has 1 amide bonds. The fourth-order valence-electron chi connectivity index (χ4n) is 2.56. The van der Waals surface area contributed by atoms with Crippen LogP contribution >= 0.6 is 23.4 Å². The van der Waals surface area contributed by atoms with Gasteiger partial charge in [0, 0.05) is 10.7 Å². The second-order valence-electron chi connectivity index (χ2n) is 6.23. The molecule has 0 radical (unpaired) electrons. The number of nitrogens with zero attached hydrogens (tertiary/aromatic N) is 1. The van der Waals surface area contributed by atoms with Gasteiger partial charge in [0.05, 0.1) is 16.8 Å². The fraction of sp³-hybridized carbons (Fsp3) is 0.150. The maximum absolute atomic E-state index is 12.7. The molecule has 0 atom stereocenters. The highest BCUT2D eigenvalue weighted by molar-refractivity contribution is 7.99. The SMILES string of the molecule is CCc1ccc(S(=O)(=O)c2cnc(SCC(=O)Nc3cccc(Cl)c3)[nH]c2=O)cc1. The number of H-pyrrole nitrogens is 1. The van der Waals surface area contributed by atoms with Crippen molar-refractivity contribution in [2.24, 2.45) is 0 Å². The Hall–Kier alpha value is -2.62. The van der Waals surface area contributed by atoms with Gasteiger partial charge in [-0.3, -0.25) is 9.59 Å². The lowest BCUT2D eigenvalue weighted by atomic mass is 10.2. The molecule has 0 unspecified atom stereocenters. The third kappa shape index (κ3) is 5.29. The molecule has 30 heavy (non-hydrogen) atoms. The molecule has 0 aliphatic carbocycles. The molecule has 1 heterocycles. The molecule has 0 bridgehead atoms. The number of hydrogen-bond acceptors (Lipinski definition) is 6. The standard InChI is InChI=1S/C20H18ClN3O4S2/c1-2-13-6-8-16(9-7-13)30(27,28)17-11-22-20(24-19(17)26)29-12-18(25)23-15-5-3-4-14(21)10-15/h3-11H,2,12H2,1H3,(H,23,25)(H,22,24,26). The first kappa shape index (κ1) is 22.1. The number of sulfone groups is 1. The number of benzene rings is 2. The van der Waals surface area contributed by atoms with Crippen LogP contribution < -0.4 is 10.9 Å². The molecule has 2 aromatic carbocycles. The molecule has 0 saturated carbocycles. The van der Waals surface area contributed by atoms with Gasteiger partial charge in [-0.15, -0.1) is 0 Å². The van der Waals surface area contributed by atoms with E-state index in [2.05, 4.69) is 15.3 Å². The van der Waals surface area contributed by atoms with Crippen molar-refractivity contribution in [2.75, 3.05) is 11.1 Å². The second-order valence-corrected chi connectivity index (χ2v) is 9.55. The Morgan fingerprint density at radius 1 is 1.20 bits per heavy atom. The summed E-state index contributed by atoms with van der Waals surface area (Å²) in [5, 5.41) is 3.31. The summed E-state index contributed by atoms with van der Waals surface area (Å²) in [7, 11) is -3.99. The van der Waals surface area contributed by atoms with E-state index in [1.807, 2.05) is 6.92 Å². The molecule has 3 rings (SSSR count). The van der Waals surface area contributed by atoms with E-state index in [-0.39, 0.29) is 21.7 Å². The number of hydrogen-bond donors (Lipinski definition) is 2. The van der Waals surface area contributed by atoms with Gasteiger partial charge in [0.2, 0.25) is 15.7 Å². The van der Waals surface area contributed by atoms with Crippen molar-refractivity contribution < 1.29 is 13.2 Å². The van der Waals surface area contributed by atoms with E-state index in [9.17, 15) is 18.0 Å². The van der Waals surface area contributed by atoms with Crippen LogP contribution in [0, 0.1) is 0 Å². The first-order valence-corrected chi connectivity index (χ1v) is 11.8. The van der Waals surface area contributed by atoms with Gasteiger partial charge < -0.3 is 10.3 Å². The van der Waals surface area contributed by atoms with Crippen LogP contribution in [0.2, 0.25) is 5.02 Å². The lowest BCUT2D eigenvalue weighted by molar-refractivity contribution is -0.113. The molecular formula is C20H18ClN3O4S2. The molecule has 3 aromatic rings. The van der Waals surface area contributed by atoms with Crippen molar-refractivity contribution >= 4 is 44.8 Å². The van der Waals surface area contributed by atoms with E-state index >= 15 is 0 Å². The number of aromatic nitrogens is 2. The molecule has 1 aromatic heterocycles. The second kappa shape index (κ2) is 9.46. The van der Waals surface area contributed by atoms with Crippen LogP contribution in [-0.4, -0.2) is 30.0 Å². The van der Waals surface area contributed by atoms with Gasteiger partial charge in [0.15, 0.2) is 10.1 Å². The summed E-state index contributed by atoms with van der Waals surface area (Å²) in [5.41, 5.74) is 0.746. The number of nitrogens with one attached hydrogen (secondary N) is 2. The predicted molar refractivity (Wildman–Crippen MR) is 117 cm³/mol. The highest BCUT2D eigenvalue weighted by Crippen LogP contribution is 2.20. The fourth-order valence-corrected chi connectivity index (χ4v) is 4.62. The van der Waals surface area contributed by atoms with Gasteiger partial charge in [0.1, 0.15) is 0 Å². The zero-order valence-electron chi connectivity index (χ0n) is 15.9. The molecule has 0 aliphatic rings. The van der Waals surface area contributed by atoms with Crippen LogP contribution in [-0.2, 0) is 21.1 Å². The van der Waals surface area contributed by atoms with Crippen molar-refractivity contribution in [3.63, 3.8) is 0 Å². The summed E-state index contributed by atoms with van der Waals surface area (Å²) in [6, 6.07) is 13.0. The zero-order valence-corrected chi connectivity index (χ0v) is 18.3. The Bertz CT molecular complexity index is 1230. The average molecular weight is 464 g/mol. The molecule has 2 N–H and O–H groups in total. The lowest BCUT2D eigenvalue weighted by Crippen LogP contribution is -2.20. The van der Waals surface area contributed by atoms with Gasteiger partial charge in [-0.2, -0.15) is 0 Å². The molecule has 0 fully saturated rings. The Balaban J connectivity index is 1.70. The van der Waals surface area contributed by atoms with Crippen LogP contribution in [0.3, 0.4) is 0 Å². The predicted octanol–water partition coefficient (Wildman–Crippen LogP) is 3.55. The highest BCUT2D eigenvalue weighted by atomic mass is 35.5. The normalized spacial score (nSPS) is 11.3. The minimum atomic E-state index is -3.99. The number of aromatic amines is 1. The van der Waals surface area contributed by atoms with Crippen molar-refractivity contribution in [3.05, 3.63) is 75.7 Å². The first-order chi connectivity index (χ1) is 14.3. The number of aryl methyl sites for hydroxylation is 1. The van der Waals surface area contributed by atoms with Gasteiger partial charge in [0.25, 0.3) is 5.56 Å². The summed E-state index contributed by atoms with van der Waals surface area (Å²) < 4.78 is 25.4. The van der Waals surface area contributed by atoms with Crippen molar-refractivity contribution in [3.8, 4) is 0 Å². The Kier molecular flexibility index (Phi) is 6.96. The number of anilines is 1. The maximum atomic E-state index is 12.7. The summed E-state index contributed by atoms with van der Waals surface area (Å²) in [4.78, 5) is 30.4. The van der Waals surface area contributed by atoms with E-state index in [1.54, 1.807) is 36.4 Å². The van der Waals surface area contributed by atoms with E-state index in [4.69, 9.17) is 11.6 Å². The monoisotopic (exact) mass is 463 g/mol. The van der Waals surface area contributed by atoms with Crippen molar-refractivity contribution in [2.45, 2.75) is 28.3 Å². The minimum Gasteiger partial charge on any atom is -0.325 e. The number of halogens is 1. The quantitative estimate of drug-likeness (QED) is 0.409. The molecular weight excluding hydrogens is 446 g/mol. The van der Waals surface area contributed by atoms with Gasteiger partial charge in [-0.25, -0.2) is 13.4 Å². The Labute approximate surface area is 182 Å². The van der Waals surface area contributed by atoms with E-state index in [0.29, 0.717) is 10.7 Å². The van der Waals surface area contributed by atoms with Crippen LogP contribution in [0.5, 0.6) is 0 Å². The molecule has 156 valence electrons. The average Bonchev–Trinajstić information content (AvgIpc) is 2.72. The molecule has 0 spiro atoms. The van der Waals surface area contributed by atoms with Gasteiger partial charge in [-0.1, -0.05) is 48.5 Å². The van der Waals surface area contributed by atoms with Crippen LogP contribution in [0.25, 0.3) is 0 Å². The number of rotatable bonds is 7. The summed E-state index contributed by atoms with van der Waals surface area (Å²) >= 11 is 6.85. The largest absolute Gasteiger partial charge is 0.325 e. The summed E-state index contributed by atoms with van der Waals surface area (Å²) in [5.74, 6) is -0.349. The lowest BCUT2D eigenvalue weighted by Gasteiger charge is -2.07. The molecule has 0 saturated heterocycles. The van der Waals surface area contributed by atoms with E-state index in [0.717, 1.165) is 29.9 Å². The van der Waals surface area contributed by atoms with Crippen molar-refractivity contribution in [1.29, 1.82) is 0 Å². The Morgan fingerprint density at radius 3 is 2.57 bits per heavy atom. The Morgan fingerprint density at radius 2 is 1.93 bits per heavy atom. The van der Waals surface area contributed by atoms with Crippen LogP contribution in [0.15, 0.2) is 74.5 Å². The molecule has 10 heteroatoms. The summed E-state index contributed by atoms with van der Waals surface area (Å²) in [6.07, 6.45) is 1.79. The topological polar surface area (TPSA) is 109 Å². The number of thioether (sulfide) groups is 1. The van der Waals surface area contributed by atoms with Gasteiger partial charge >= 0.3 is 0 Å². The van der Waals surface area contributed by atoms with E-state index < -0.39 is 20.3 Å². The molecule has 0 aliphatic heterocycles. The summed E-state index contributed by atoms with van der Waals surface area (Å²) in [6.45, 7) is 1.96. The third-order valence-electron chi connectivity index (χ3n) is 4.12. The van der Waals surface area contributed by atoms with Gasteiger partial charge in [-0.05, 0) is 42.3 Å². The third-order valence-corrected chi connectivity index (χ3v) is 7.01. The minimum absolute atomic E-state index is 0.0216. The molecule has 7 nitrogen and oxygen atoms in total.